The van der Waals surface area contributed by atoms with E-state index in [0.717, 1.165) is 28.6 Å². The van der Waals surface area contributed by atoms with E-state index in [1.165, 1.54) is 22.2 Å². The maximum atomic E-state index is 12.4. The summed E-state index contributed by atoms with van der Waals surface area (Å²) in [5, 5.41) is 2.16. The van der Waals surface area contributed by atoms with Gasteiger partial charge in [-0.05, 0) is 30.7 Å². The predicted molar refractivity (Wildman–Crippen MR) is 96.7 cm³/mol. The molecule has 0 N–H and O–H groups in total. The number of thioether (sulfide) groups is 1. The van der Waals surface area contributed by atoms with E-state index in [-0.39, 0.29) is 5.91 Å². The molecule has 0 spiro atoms. The minimum absolute atomic E-state index is 0.174. The molecule has 24 heavy (non-hydrogen) atoms. The Morgan fingerprint density at radius 1 is 1.42 bits per heavy atom. The summed E-state index contributed by atoms with van der Waals surface area (Å²) in [7, 11) is 0. The van der Waals surface area contributed by atoms with Crippen molar-refractivity contribution in [1.82, 2.24) is 14.9 Å². The lowest BCUT2D eigenvalue weighted by Crippen LogP contribution is -2.41. The molecule has 0 aromatic carbocycles. The van der Waals surface area contributed by atoms with Gasteiger partial charge in [-0.3, -0.25) is 4.79 Å². The van der Waals surface area contributed by atoms with Gasteiger partial charge in [-0.2, -0.15) is 0 Å². The molecule has 1 saturated heterocycles. The minimum atomic E-state index is 0.174. The van der Waals surface area contributed by atoms with E-state index >= 15 is 0 Å². The first-order valence-corrected chi connectivity index (χ1v) is 10.3. The molecule has 7 heteroatoms. The molecule has 2 aliphatic rings. The molecule has 1 aliphatic heterocycles. The summed E-state index contributed by atoms with van der Waals surface area (Å²) in [6, 6.07) is 0. The molecule has 0 saturated carbocycles. The normalized spacial score (nSPS) is 21.0. The van der Waals surface area contributed by atoms with Crippen LogP contribution in [0.2, 0.25) is 0 Å². The third-order valence-corrected chi connectivity index (χ3v) is 6.89. The second kappa shape index (κ2) is 6.98. The fourth-order valence-electron chi connectivity index (χ4n) is 3.39. The first kappa shape index (κ1) is 16.3. The number of rotatable bonds is 3. The Morgan fingerprint density at radius 2 is 2.25 bits per heavy atom. The second-order valence-electron chi connectivity index (χ2n) is 6.49. The van der Waals surface area contributed by atoms with Crippen LogP contribution < -0.4 is 0 Å². The Labute approximate surface area is 149 Å². The molecule has 0 bridgehead atoms. The van der Waals surface area contributed by atoms with E-state index in [9.17, 15) is 4.79 Å². The molecule has 2 aromatic heterocycles. The van der Waals surface area contributed by atoms with Gasteiger partial charge >= 0.3 is 0 Å². The van der Waals surface area contributed by atoms with Gasteiger partial charge in [0.1, 0.15) is 16.2 Å². The van der Waals surface area contributed by atoms with Gasteiger partial charge in [0.15, 0.2) is 0 Å². The Bertz CT molecular complexity index is 756. The second-order valence-corrected chi connectivity index (χ2v) is 8.54. The molecule has 0 radical (unpaired) electrons. The summed E-state index contributed by atoms with van der Waals surface area (Å²) in [6.45, 7) is 5.00. The van der Waals surface area contributed by atoms with Crippen molar-refractivity contribution >= 4 is 39.2 Å². The highest BCUT2D eigenvalue weighted by Gasteiger charge is 2.24. The van der Waals surface area contributed by atoms with E-state index in [1.54, 1.807) is 29.4 Å². The molecule has 128 valence electrons. The van der Waals surface area contributed by atoms with Gasteiger partial charge in [0.05, 0.1) is 19.0 Å². The van der Waals surface area contributed by atoms with Gasteiger partial charge in [0.25, 0.3) is 0 Å². The Morgan fingerprint density at radius 3 is 3.08 bits per heavy atom. The number of thiophene rings is 1. The molecule has 1 atom stereocenters. The smallest absolute Gasteiger partial charge is 0.233 e. The highest BCUT2D eigenvalue weighted by Crippen LogP contribution is 2.40. The molecule has 1 aliphatic carbocycles. The zero-order valence-electron chi connectivity index (χ0n) is 13.8. The topological polar surface area (TPSA) is 55.3 Å². The van der Waals surface area contributed by atoms with Gasteiger partial charge in [0, 0.05) is 23.4 Å². The Balaban J connectivity index is 1.55. The van der Waals surface area contributed by atoms with Crippen LogP contribution in [0.3, 0.4) is 0 Å². The van der Waals surface area contributed by atoms with E-state index in [4.69, 9.17) is 4.74 Å². The summed E-state index contributed by atoms with van der Waals surface area (Å²) in [6.07, 6.45) is 5.11. The van der Waals surface area contributed by atoms with Gasteiger partial charge < -0.3 is 9.64 Å². The third kappa shape index (κ3) is 3.17. The van der Waals surface area contributed by atoms with Crippen LogP contribution in [0.1, 0.15) is 23.8 Å². The lowest BCUT2D eigenvalue weighted by Gasteiger charge is -2.26. The number of aromatic nitrogens is 2. The number of fused-ring (bicyclic) bond motifs is 3. The fraction of sp³-hybridized carbons (Fsp3) is 0.588. The van der Waals surface area contributed by atoms with Gasteiger partial charge in [-0.1, -0.05) is 18.7 Å². The number of amides is 1. The predicted octanol–water partition coefficient (Wildman–Crippen LogP) is 2.77. The monoisotopic (exact) mass is 363 g/mol. The first-order chi connectivity index (χ1) is 11.7. The Kier molecular flexibility index (Phi) is 4.74. The number of aryl methyl sites for hydroxylation is 1. The van der Waals surface area contributed by atoms with E-state index in [2.05, 4.69) is 16.9 Å². The lowest BCUT2D eigenvalue weighted by atomic mass is 9.89. The SMILES string of the molecule is C[C@@H]1CCc2c(sc3ncnc(SCC(=O)N4CCOCC4)c23)C1. The van der Waals surface area contributed by atoms with Gasteiger partial charge in [0.2, 0.25) is 5.91 Å². The fourth-order valence-corrected chi connectivity index (χ4v) is 5.73. The maximum absolute atomic E-state index is 12.4. The molecule has 3 heterocycles. The van der Waals surface area contributed by atoms with Gasteiger partial charge in [-0.15, -0.1) is 11.3 Å². The number of nitrogens with zero attached hydrogens (tertiary/aromatic N) is 3. The highest BCUT2D eigenvalue weighted by molar-refractivity contribution is 8.00. The quantitative estimate of drug-likeness (QED) is 0.620. The number of hydrogen-bond donors (Lipinski definition) is 0. The number of ether oxygens (including phenoxy) is 1. The van der Waals surface area contributed by atoms with Crippen molar-refractivity contribution in [3.8, 4) is 0 Å². The average Bonchev–Trinajstić information content (AvgIpc) is 2.98. The molecule has 1 fully saturated rings. The molecular weight excluding hydrogens is 342 g/mol. The zero-order valence-corrected chi connectivity index (χ0v) is 15.4. The summed E-state index contributed by atoms with van der Waals surface area (Å²) in [5.41, 5.74) is 1.43. The van der Waals surface area contributed by atoms with E-state index in [0.29, 0.717) is 32.1 Å². The van der Waals surface area contributed by atoms with Gasteiger partial charge in [-0.25, -0.2) is 9.97 Å². The van der Waals surface area contributed by atoms with Crippen LogP contribution in [0.15, 0.2) is 11.4 Å². The van der Waals surface area contributed by atoms with E-state index < -0.39 is 0 Å². The number of carbonyl (C=O) groups excluding carboxylic acids is 1. The van der Waals surface area contributed by atoms with Crippen LogP contribution in [0.5, 0.6) is 0 Å². The van der Waals surface area contributed by atoms with Crippen LogP contribution in [0.25, 0.3) is 10.2 Å². The number of morpholine rings is 1. The van der Waals surface area contributed by atoms with E-state index in [1.807, 2.05) is 4.90 Å². The molecule has 1 amide bonds. The van der Waals surface area contributed by atoms with Crippen molar-refractivity contribution < 1.29 is 9.53 Å². The van der Waals surface area contributed by atoms with Crippen LogP contribution in [0.4, 0.5) is 0 Å². The summed E-state index contributed by atoms with van der Waals surface area (Å²) in [5.74, 6) is 1.36. The van der Waals surface area contributed by atoms with Crippen molar-refractivity contribution in [2.45, 2.75) is 31.2 Å². The third-order valence-electron chi connectivity index (χ3n) is 4.75. The molecule has 0 unspecified atom stereocenters. The highest BCUT2D eigenvalue weighted by atomic mass is 32.2. The largest absolute Gasteiger partial charge is 0.378 e. The summed E-state index contributed by atoms with van der Waals surface area (Å²) >= 11 is 3.36. The standard InChI is InChI=1S/C17H21N3O2S2/c1-11-2-3-12-13(8-11)24-17-15(12)16(18-10-19-17)23-9-14(21)20-4-6-22-7-5-20/h10-11H,2-9H2,1H3/t11-/m1/s1. The molecular formula is C17H21N3O2S2. The first-order valence-electron chi connectivity index (χ1n) is 8.46. The van der Waals surface area contributed by atoms with Crippen molar-refractivity contribution in [1.29, 1.82) is 0 Å². The van der Waals surface area contributed by atoms with Crippen LogP contribution >= 0.6 is 23.1 Å². The summed E-state index contributed by atoms with van der Waals surface area (Å²) in [4.78, 5) is 25.8. The zero-order chi connectivity index (χ0) is 16.5. The molecule has 2 aromatic rings. The lowest BCUT2D eigenvalue weighted by molar-refractivity contribution is -0.132. The number of hydrogen-bond acceptors (Lipinski definition) is 6. The maximum Gasteiger partial charge on any atom is 0.233 e. The van der Waals surface area contributed by atoms with Crippen molar-refractivity contribution in [2.24, 2.45) is 5.92 Å². The van der Waals surface area contributed by atoms with Crippen molar-refractivity contribution in [3.63, 3.8) is 0 Å². The average molecular weight is 364 g/mol. The summed E-state index contributed by atoms with van der Waals surface area (Å²) < 4.78 is 5.31. The van der Waals surface area contributed by atoms with Crippen LogP contribution in [-0.2, 0) is 22.4 Å². The molecule has 4 rings (SSSR count). The van der Waals surface area contributed by atoms with Crippen molar-refractivity contribution in [2.75, 3.05) is 32.1 Å². The van der Waals surface area contributed by atoms with Crippen molar-refractivity contribution in [3.05, 3.63) is 16.8 Å². The minimum Gasteiger partial charge on any atom is -0.378 e. The Hall–Kier alpha value is -1.18. The number of carbonyl (C=O) groups is 1. The van der Waals surface area contributed by atoms with Crippen LogP contribution in [-0.4, -0.2) is 52.8 Å². The van der Waals surface area contributed by atoms with Crippen LogP contribution in [0, 0.1) is 5.92 Å². The molecule has 5 nitrogen and oxygen atoms in total.